The summed E-state index contributed by atoms with van der Waals surface area (Å²) in [5, 5.41) is 8.02. The lowest BCUT2D eigenvalue weighted by Crippen LogP contribution is -1.96. The molecule has 0 unspecified atom stereocenters. The molecule has 0 bridgehead atoms. The highest BCUT2D eigenvalue weighted by atomic mass is 35.5. The lowest BCUT2D eigenvalue weighted by atomic mass is 10.3. The maximum atomic E-state index is 5.91. The molecule has 2 aromatic rings. The number of hydrogen-bond donors (Lipinski definition) is 1. The van der Waals surface area contributed by atoms with Crippen LogP contribution in [0.1, 0.15) is 11.8 Å². The highest BCUT2D eigenvalue weighted by Gasteiger charge is 2.06. The van der Waals surface area contributed by atoms with Crippen LogP contribution in [0.25, 0.3) is 0 Å². The molecule has 0 aliphatic carbocycles. The summed E-state index contributed by atoms with van der Waals surface area (Å²) in [4.78, 5) is 0. The minimum Gasteiger partial charge on any atom is -0.482 e. The summed E-state index contributed by atoms with van der Waals surface area (Å²) in [6.45, 7) is 0.399. The molecule has 0 radical (unpaired) electrons. The number of rotatable bonds is 4. The summed E-state index contributed by atoms with van der Waals surface area (Å²) in [7, 11) is 0. The summed E-state index contributed by atoms with van der Waals surface area (Å²) in [5.41, 5.74) is 5.34. The SMILES string of the molecule is NCc1nnc(COc2ccccc2Cl)o1. The van der Waals surface area contributed by atoms with Gasteiger partial charge in [-0.2, -0.15) is 0 Å². The van der Waals surface area contributed by atoms with E-state index in [1.165, 1.54) is 0 Å². The molecule has 0 aliphatic heterocycles. The maximum Gasteiger partial charge on any atom is 0.253 e. The predicted octanol–water partition coefficient (Wildman–Crippen LogP) is 1.76. The van der Waals surface area contributed by atoms with Gasteiger partial charge < -0.3 is 14.9 Å². The van der Waals surface area contributed by atoms with Gasteiger partial charge in [0.2, 0.25) is 5.89 Å². The van der Waals surface area contributed by atoms with Gasteiger partial charge in [-0.05, 0) is 12.1 Å². The molecule has 0 saturated carbocycles. The van der Waals surface area contributed by atoms with Crippen molar-refractivity contribution in [3.05, 3.63) is 41.1 Å². The van der Waals surface area contributed by atoms with Crippen LogP contribution in [0.3, 0.4) is 0 Å². The summed E-state index contributed by atoms with van der Waals surface area (Å²) in [5.74, 6) is 1.34. The third kappa shape index (κ3) is 2.50. The molecule has 6 heteroatoms. The Kier molecular flexibility index (Phi) is 3.38. The summed E-state index contributed by atoms with van der Waals surface area (Å²) in [6.07, 6.45) is 0. The molecular formula is C10H10ClN3O2. The van der Waals surface area contributed by atoms with Crippen molar-refractivity contribution in [1.29, 1.82) is 0 Å². The van der Waals surface area contributed by atoms with Gasteiger partial charge >= 0.3 is 0 Å². The third-order valence-electron chi connectivity index (χ3n) is 1.87. The fraction of sp³-hybridized carbons (Fsp3) is 0.200. The number of hydrogen-bond acceptors (Lipinski definition) is 5. The first kappa shape index (κ1) is 10.9. The Labute approximate surface area is 97.2 Å². The molecule has 0 aliphatic rings. The maximum absolute atomic E-state index is 5.91. The molecule has 1 aromatic carbocycles. The standard InChI is InChI=1S/C10H10ClN3O2/c11-7-3-1-2-4-8(7)15-6-10-14-13-9(5-12)16-10/h1-4H,5-6,12H2. The highest BCUT2D eigenvalue weighted by Crippen LogP contribution is 2.23. The van der Waals surface area contributed by atoms with Gasteiger partial charge in [0.05, 0.1) is 11.6 Å². The Morgan fingerprint density at radius 1 is 1.25 bits per heavy atom. The third-order valence-corrected chi connectivity index (χ3v) is 2.18. The number of nitrogens with zero attached hydrogens (tertiary/aromatic N) is 2. The van der Waals surface area contributed by atoms with E-state index in [0.717, 1.165) is 0 Å². The molecule has 0 amide bonds. The van der Waals surface area contributed by atoms with E-state index in [-0.39, 0.29) is 13.2 Å². The van der Waals surface area contributed by atoms with Crippen molar-refractivity contribution in [2.45, 2.75) is 13.2 Å². The van der Waals surface area contributed by atoms with E-state index in [1.54, 1.807) is 12.1 Å². The first-order chi connectivity index (χ1) is 7.79. The minimum absolute atomic E-state index is 0.177. The Bertz CT molecular complexity index is 473. The lowest BCUT2D eigenvalue weighted by Gasteiger charge is -2.04. The molecule has 2 rings (SSSR count). The molecule has 0 atom stereocenters. The highest BCUT2D eigenvalue weighted by molar-refractivity contribution is 6.32. The lowest BCUT2D eigenvalue weighted by molar-refractivity contribution is 0.259. The second-order valence-corrected chi connectivity index (χ2v) is 3.42. The molecule has 0 fully saturated rings. The molecule has 0 spiro atoms. The van der Waals surface area contributed by atoms with Gasteiger partial charge in [0.15, 0.2) is 6.61 Å². The van der Waals surface area contributed by atoms with Crippen molar-refractivity contribution in [3.63, 3.8) is 0 Å². The van der Waals surface area contributed by atoms with E-state index < -0.39 is 0 Å². The molecule has 0 saturated heterocycles. The predicted molar refractivity (Wildman–Crippen MR) is 58.0 cm³/mol. The topological polar surface area (TPSA) is 74.2 Å². The summed E-state index contributed by atoms with van der Waals surface area (Å²) in [6, 6.07) is 7.17. The zero-order valence-corrected chi connectivity index (χ0v) is 9.15. The minimum atomic E-state index is 0.177. The molecule has 1 aromatic heterocycles. The van der Waals surface area contributed by atoms with Crippen LogP contribution in [0, 0.1) is 0 Å². The second-order valence-electron chi connectivity index (χ2n) is 3.01. The van der Waals surface area contributed by atoms with Crippen molar-refractivity contribution in [2.75, 3.05) is 0 Å². The number of para-hydroxylation sites is 1. The van der Waals surface area contributed by atoms with Gasteiger partial charge in [-0.1, -0.05) is 23.7 Å². The van der Waals surface area contributed by atoms with Crippen LogP contribution in [-0.4, -0.2) is 10.2 Å². The van der Waals surface area contributed by atoms with Crippen LogP contribution < -0.4 is 10.5 Å². The van der Waals surface area contributed by atoms with Crippen molar-refractivity contribution in [2.24, 2.45) is 5.73 Å². The van der Waals surface area contributed by atoms with Gasteiger partial charge in [-0.15, -0.1) is 10.2 Å². The monoisotopic (exact) mass is 239 g/mol. The fourth-order valence-corrected chi connectivity index (χ4v) is 1.32. The van der Waals surface area contributed by atoms with Gasteiger partial charge in [0, 0.05) is 0 Å². The van der Waals surface area contributed by atoms with Gasteiger partial charge in [0.1, 0.15) is 5.75 Å². The normalized spacial score (nSPS) is 10.4. The molecular weight excluding hydrogens is 230 g/mol. The van der Waals surface area contributed by atoms with E-state index in [9.17, 15) is 0 Å². The summed E-state index contributed by atoms with van der Waals surface area (Å²) >= 11 is 5.91. The van der Waals surface area contributed by atoms with Gasteiger partial charge in [-0.25, -0.2) is 0 Å². The Hall–Kier alpha value is -1.59. The van der Waals surface area contributed by atoms with Gasteiger partial charge in [-0.3, -0.25) is 0 Å². The quantitative estimate of drug-likeness (QED) is 0.880. The second kappa shape index (κ2) is 4.96. The largest absolute Gasteiger partial charge is 0.482 e. The van der Waals surface area contributed by atoms with E-state index in [0.29, 0.717) is 22.6 Å². The molecule has 1 heterocycles. The van der Waals surface area contributed by atoms with Gasteiger partial charge in [0.25, 0.3) is 5.89 Å². The number of ether oxygens (including phenoxy) is 1. The Balaban J connectivity index is 1.99. The molecule has 84 valence electrons. The van der Waals surface area contributed by atoms with E-state index in [4.69, 9.17) is 26.5 Å². The fourth-order valence-electron chi connectivity index (χ4n) is 1.13. The number of nitrogens with two attached hydrogens (primary N) is 1. The average Bonchev–Trinajstić information content (AvgIpc) is 2.76. The Morgan fingerprint density at radius 2 is 2.00 bits per heavy atom. The van der Waals surface area contributed by atoms with Crippen LogP contribution >= 0.6 is 11.6 Å². The first-order valence-electron chi connectivity index (χ1n) is 4.68. The van der Waals surface area contributed by atoms with E-state index in [1.807, 2.05) is 12.1 Å². The van der Waals surface area contributed by atoms with Crippen molar-refractivity contribution >= 4 is 11.6 Å². The van der Waals surface area contributed by atoms with Crippen LogP contribution in [-0.2, 0) is 13.2 Å². The van der Waals surface area contributed by atoms with E-state index >= 15 is 0 Å². The van der Waals surface area contributed by atoms with Crippen molar-refractivity contribution < 1.29 is 9.15 Å². The first-order valence-corrected chi connectivity index (χ1v) is 5.06. The van der Waals surface area contributed by atoms with Crippen LogP contribution in [0.15, 0.2) is 28.7 Å². The van der Waals surface area contributed by atoms with E-state index in [2.05, 4.69) is 10.2 Å². The van der Waals surface area contributed by atoms with Crippen LogP contribution in [0.5, 0.6) is 5.75 Å². The van der Waals surface area contributed by atoms with Crippen LogP contribution in [0.4, 0.5) is 0 Å². The van der Waals surface area contributed by atoms with Crippen molar-refractivity contribution in [3.8, 4) is 5.75 Å². The summed E-state index contributed by atoms with van der Waals surface area (Å²) < 4.78 is 10.6. The number of halogens is 1. The smallest absolute Gasteiger partial charge is 0.253 e. The Morgan fingerprint density at radius 3 is 2.69 bits per heavy atom. The molecule has 2 N–H and O–H groups in total. The average molecular weight is 240 g/mol. The zero-order chi connectivity index (χ0) is 11.4. The van der Waals surface area contributed by atoms with Crippen molar-refractivity contribution in [1.82, 2.24) is 10.2 Å². The number of aromatic nitrogens is 2. The van der Waals surface area contributed by atoms with Crippen LogP contribution in [0.2, 0.25) is 5.02 Å². The molecule has 5 nitrogen and oxygen atoms in total. The number of benzene rings is 1. The molecule has 16 heavy (non-hydrogen) atoms. The zero-order valence-electron chi connectivity index (χ0n) is 8.39.